The fourth-order valence-electron chi connectivity index (χ4n) is 5.73. The van der Waals surface area contributed by atoms with Gasteiger partial charge in [0.05, 0.1) is 0 Å². The fraction of sp³-hybridized carbons (Fsp3) is 0.225. The summed E-state index contributed by atoms with van der Waals surface area (Å²) in [6, 6.07) is 31.3. The molecule has 43 heavy (non-hydrogen) atoms. The zero-order valence-electron chi connectivity index (χ0n) is 27.0. The second-order valence-corrected chi connectivity index (χ2v) is 14.9. The van der Waals surface area contributed by atoms with Crippen molar-refractivity contribution in [2.45, 2.75) is 62.3 Å². The van der Waals surface area contributed by atoms with E-state index in [9.17, 15) is 0 Å². The van der Waals surface area contributed by atoms with E-state index in [-0.39, 0.29) is 0 Å². The summed E-state index contributed by atoms with van der Waals surface area (Å²) >= 11 is -0.826. The monoisotopic (exact) mass is 683 g/mol. The van der Waals surface area contributed by atoms with Crippen LogP contribution in [0.2, 0.25) is 0 Å². The molecule has 0 saturated carbocycles. The van der Waals surface area contributed by atoms with E-state index in [2.05, 4.69) is 147 Å². The molecule has 0 atom stereocenters. The van der Waals surface area contributed by atoms with Crippen molar-refractivity contribution in [2.75, 3.05) is 0 Å². The first-order valence-corrected chi connectivity index (χ1v) is 21.0. The Morgan fingerprint density at radius 1 is 0.488 bits per heavy atom. The molecule has 6 aromatic carbocycles. The van der Waals surface area contributed by atoms with Gasteiger partial charge in [-0.2, -0.15) is 19.1 Å². The molecule has 0 unspecified atom stereocenters. The molecule has 6 aromatic rings. The average molecular weight is 686 g/mol. The van der Waals surface area contributed by atoms with Gasteiger partial charge in [0.15, 0.2) is 0 Å². The third-order valence-corrected chi connectivity index (χ3v) is 8.29. The Balaban J connectivity index is 0.000000205. The minimum absolute atomic E-state index is 0.826. The van der Waals surface area contributed by atoms with Gasteiger partial charge in [-0.05, 0) is 61.1 Å². The number of benzene rings is 4. The molecule has 6 rings (SSSR count). The molecule has 0 saturated heterocycles. The standard InChI is InChI=1S/2C19H19.C2H5.2ClH.Zr/c2*1-12-10-18-14(3)8-9-17(19(18)11-12)16-7-5-6-13(2)15(16)4;1-2;;;/h2*5-11H,1-4H3;1H2,2H3;2*1H;/q3*-1;;;+2/p-2. The van der Waals surface area contributed by atoms with E-state index in [1.807, 2.05) is 0 Å². The maximum atomic E-state index is 4.93. The fourth-order valence-corrected chi connectivity index (χ4v) is 5.73. The van der Waals surface area contributed by atoms with Gasteiger partial charge in [-0.15, -0.1) is 68.1 Å². The van der Waals surface area contributed by atoms with E-state index in [0.717, 1.165) is 0 Å². The molecule has 0 aliphatic heterocycles. The van der Waals surface area contributed by atoms with Crippen LogP contribution >= 0.6 is 17.0 Å². The van der Waals surface area contributed by atoms with E-state index < -0.39 is 20.8 Å². The van der Waals surface area contributed by atoms with Crippen LogP contribution in [0.25, 0.3) is 43.8 Å². The number of hydrogen-bond donors (Lipinski definition) is 0. The summed E-state index contributed by atoms with van der Waals surface area (Å²) in [6.45, 7) is 22.5. The molecular weight excluding hydrogens is 643 g/mol. The van der Waals surface area contributed by atoms with Crippen molar-refractivity contribution < 1.29 is 20.8 Å². The van der Waals surface area contributed by atoms with Crippen molar-refractivity contribution in [1.29, 1.82) is 0 Å². The molecule has 0 aliphatic carbocycles. The first-order valence-electron chi connectivity index (χ1n) is 14.7. The van der Waals surface area contributed by atoms with Crippen LogP contribution in [0, 0.1) is 62.3 Å². The molecular formula is C40H43Cl2Zr-3. The van der Waals surface area contributed by atoms with E-state index >= 15 is 0 Å². The number of fused-ring (bicyclic) bond motifs is 2. The van der Waals surface area contributed by atoms with Crippen molar-refractivity contribution >= 4 is 38.6 Å². The molecule has 0 bridgehead atoms. The van der Waals surface area contributed by atoms with Crippen LogP contribution in [0.4, 0.5) is 0 Å². The van der Waals surface area contributed by atoms with Gasteiger partial charge in [-0.3, -0.25) is 0 Å². The van der Waals surface area contributed by atoms with Crippen molar-refractivity contribution in [1.82, 2.24) is 0 Å². The summed E-state index contributed by atoms with van der Waals surface area (Å²) in [4.78, 5) is 0. The Morgan fingerprint density at radius 3 is 1.19 bits per heavy atom. The third-order valence-electron chi connectivity index (χ3n) is 8.29. The van der Waals surface area contributed by atoms with Gasteiger partial charge in [0, 0.05) is 0 Å². The molecule has 0 aromatic heterocycles. The van der Waals surface area contributed by atoms with Crippen LogP contribution in [0.5, 0.6) is 0 Å². The number of rotatable bonds is 2. The first-order chi connectivity index (χ1) is 20.6. The Labute approximate surface area is 278 Å². The van der Waals surface area contributed by atoms with Crippen LogP contribution in [0.1, 0.15) is 51.4 Å². The normalized spacial score (nSPS) is 10.3. The summed E-state index contributed by atoms with van der Waals surface area (Å²) in [7, 11) is 9.87. The third kappa shape index (κ3) is 7.99. The van der Waals surface area contributed by atoms with E-state index in [0.29, 0.717) is 0 Å². The number of hydrogen-bond acceptors (Lipinski definition) is 0. The molecule has 0 fully saturated rings. The zero-order chi connectivity index (χ0) is 31.8. The van der Waals surface area contributed by atoms with Gasteiger partial charge < -0.3 is 6.92 Å². The van der Waals surface area contributed by atoms with Crippen LogP contribution in [-0.2, 0) is 20.8 Å². The first kappa shape index (κ1) is 35.0. The predicted octanol–water partition coefficient (Wildman–Crippen LogP) is 13.1. The molecule has 0 heterocycles. The zero-order valence-corrected chi connectivity index (χ0v) is 31.0. The summed E-state index contributed by atoms with van der Waals surface area (Å²) in [5.74, 6) is 0. The molecule has 0 spiro atoms. The Hall–Kier alpha value is -2.44. The van der Waals surface area contributed by atoms with Gasteiger partial charge in [0.1, 0.15) is 0 Å². The van der Waals surface area contributed by atoms with Crippen molar-refractivity contribution in [3.05, 3.63) is 136 Å². The van der Waals surface area contributed by atoms with Crippen LogP contribution < -0.4 is 0 Å². The molecule has 0 aliphatic rings. The quantitative estimate of drug-likeness (QED) is 0.159. The molecule has 0 nitrogen and oxygen atoms in total. The summed E-state index contributed by atoms with van der Waals surface area (Å²) in [6.07, 6.45) is 0. The van der Waals surface area contributed by atoms with Crippen molar-refractivity contribution in [3.8, 4) is 22.3 Å². The summed E-state index contributed by atoms with van der Waals surface area (Å²) in [5.41, 5.74) is 16.3. The van der Waals surface area contributed by atoms with Gasteiger partial charge >= 0.3 is 37.9 Å². The summed E-state index contributed by atoms with van der Waals surface area (Å²) < 4.78 is 0. The minimum atomic E-state index is -0.826. The van der Waals surface area contributed by atoms with Crippen molar-refractivity contribution in [2.24, 2.45) is 0 Å². The Kier molecular flexibility index (Phi) is 13.1. The van der Waals surface area contributed by atoms with E-state index in [1.165, 1.54) is 88.3 Å². The Morgan fingerprint density at radius 2 is 0.837 bits per heavy atom. The molecule has 224 valence electrons. The van der Waals surface area contributed by atoms with Gasteiger partial charge in [0.2, 0.25) is 0 Å². The maximum absolute atomic E-state index is 4.93. The number of halogens is 2. The van der Waals surface area contributed by atoms with Gasteiger partial charge in [0.25, 0.3) is 0 Å². The van der Waals surface area contributed by atoms with Crippen molar-refractivity contribution in [3.63, 3.8) is 0 Å². The number of aryl methyl sites for hydroxylation is 6. The predicted molar refractivity (Wildman–Crippen MR) is 191 cm³/mol. The van der Waals surface area contributed by atoms with Crippen LogP contribution in [0.3, 0.4) is 0 Å². The Bertz CT molecular complexity index is 1680. The molecule has 0 amide bonds. The average Bonchev–Trinajstić information content (AvgIpc) is 3.58. The van der Waals surface area contributed by atoms with Gasteiger partial charge in [-0.1, -0.05) is 87.4 Å². The molecule has 3 heteroatoms. The van der Waals surface area contributed by atoms with E-state index in [1.54, 1.807) is 6.92 Å². The SMILES string of the molecule is Cc1cc2c(-c3cccc(C)c3C)ccc(C)c2[cH-]1.Cc1cc2c(-c3cccc(C)c3C)ccc(C)c2[cH-]1.[CH2-]C.[Cl][Zr][Cl]. The van der Waals surface area contributed by atoms with Crippen LogP contribution in [0.15, 0.2) is 84.9 Å². The molecule has 0 N–H and O–H groups in total. The second-order valence-electron chi connectivity index (χ2n) is 11.1. The van der Waals surface area contributed by atoms with Crippen LogP contribution in [-0.4, -0.2) is 0 Å². The second kappa shape index (κ2) is 16.0. The topological polar surface area (TPSA) is 0 Å². The summed E-state index contributed by atoms with van der Waals surface area (Å²) in [5, 5.41) is 5.53. The molecule has 0 radical (unpaired) electrons. The van der Waals surface area contributed by atoms with E-state index in [4.69, 9.17) is 17.0 Å². The van der Waals surface area contributed by atoms with Gasteiger partial charge in [-0.25, -0.2) is 0 Å².